The minimum absolute atomic E-state index is 0.0295. The Hall–Kier alpha value is -1.60. The van der Waals surface area contributed by atoms with Crippen molar-refractivity contribution in [2.75, 3.05) is 0 Å². The van der Waals surface area contributed by atoms with Gasteiger partial charge in [0.1, 0.15) is 0 Å². The number of nitrogens with zero attached hydrogens (tertiary/aromatic N) is 3. The number of rotatable bonds is 4. The van der Waals surface area contributed by atoms with Crippen LogP contribution < -0.4 is 11.4 Å². The quantitative estimate of drug-likeness (QED) is 0.794. The fraction of sp³-hybridized carbons (Fsp3) is 0.364. The van der Waals surface area contributed by atoms with Crippen LogP contribution >= 0.6 is 11.8 Å². The molecule has 0 aliphatic carbocycles. The van der Waals surface area contributed by atoms with Crippen molar-refractivity contribution in [3.05, 3.63) is 40.6 Å². The zero-order chi connectivity index (χ0) is 13.1. The normalized spacial score (nSPS) is 14.4. The predicted molar refractivity (Wildman–Crippen MR) is 70.3 cm³/mol. The molecule has 0 aliphatic rings. The van der Waals surface area contributed by atoms with Crippen LogP contribution in [0.1, 0.15) is 17.7 Å². The van der Waals surface area contributed by atoms with Gasteiger partial charge >= 0.3 is 5.69 Å². The Morgan fingerprint density at radius 3 is 2.61 bits per heavy atom. The minimum Gasteiger partial charge on any atom is -0.327 e. The SMILES string of the molecule is CC(N)C(Sc1n[nH]c(=O)n1C)c1ccncc1. The van der Waals surface area contributed by atoms with Crippen molar-refractivity contribution in [1.82, 2.24) is 19.7 Å². The van der Waals surface area contributed by atoms with Gasteiger partial charge in [0, 0.05) is 25.5 Å². The largest absolute Gasteiger partial charge is 0.343 e. The van der Waals surface area contributed by atoms with Gasteiger partial charge in [0.25, 0.3) is 0 Å². The molecule has 0 radical (unpaired) electrons. The maximum Gasteiger partial charge on any atom is 0.343 e. The zero-order valence-electron chi connectivity index (χ0n) is 10.2. The first-order valence-corrected chi connectivity index (χ1v) is 6.41. The van der Waals surface area contributed by atoms with E-state index < -0.39 is 0 Å². The first-order valence-electron chi connectivity index (χ1n) is 5.53. The predicted octanol–water partition coefficient (Wildman–Crippen LogP) is 0.684. The van der Waals surface area contributed by atoms with Gasteiger partial charge in [-0.05, 0) is 24.6 Å². The Bertz CT molecular complexity index is 562. The van der Waals surface area contributed by atoms with Crippen LogP contribution in [0.15, 0.2) is 34.5 Å². The fourth-order valence-electron chi connectivity index (χ4n) is 1.58. The Balaban J connectivity index is 2.28. The highest BCUT2D eigenvalue weighted by molar-refractivity contribution is 7.99. The molecule has 3 N–H and O–H groups in total. The molecule has 18 heavy (non-hydrogen) atoms. The minimum atomic E-state index is -0.226. The van der Waals surface area contributed by atoms with Gasteiger partial charge in [-0.25, -0.2) is 9.89 Å². The lowest BCUT2D eigenvalue weighted by atomic mass is 10.1. The molecule has 0 spiro atoms. The second-order valence-corrected chi connectivity index (χ2v) is 5.16. The van der Waals surface area contributed by atoms with E-state index in [9.17, 15) is 4.79 Å². The van der Waals surface area contributed by atoms with E-state index >= 15 is 0 Å². The summed E-state index contributed by atoms with van der Waals surface area (Å²) < 4.78 is 1.47. The molecule has 2 unspecified atom stereocenters. The van der Waals surface area contributed by atoms with Crippen molar-refractivity contribution < 1.29 is 0 Å². The monoisotopic (exact) mass is 265 g/mol. The van der Waals surface area contributed by atoms with Crippen LogP contribution in [0.2, 0.25) is 0 Å². The summed E-state index contributed by atoms with van der Waals surface area (Å²) in [4.78, 5) is 15.3. The summed E-state index contributed by atoms with van der Waals surface area (Å²) in [6, 6.07) is 3.78. The van der Waals surface area contributed by atoms with Gasteiger partial charge in [0.05, 0.1) is 5.25 Å². The maximum atomic E-state index is 11.3. The second-order valence-electron chi connectivity index (χ2n) is 4.05. The molecular formula is C11H15N5OS. The summed E-state index contributed by atoms with van der Waals surface area (Å²) in [7, 11) is 1.68. The van der Waals surface area contributed by atoms with Crippen LogP contribution in [-0.2, 0) is 7.05 Å². The standard InChI is InChI=1S/C11H15N5OS/c1-7(12)9(8-3-5-13-6-4-8)18-11-15-14-10(17)16(11)2/h3-7,9H,12H2,1-2H3,(H,14,17). The van der Waals surface area contributed by atoms with Crippen LogP contribution in [-0.4, -0.2) is 25.8 Å². The van der Waals surface area contributed by atoms with E-state index in [-0.39, 0.29) is 17.0 Å². The summed E-state index contributed by atoms with van der Waals surface area (Å²) in [5.74, 6) is 0. The molecule has 7 heteroatoms. The van der Waals surface area contributed by atoms with E-state index in [1.807, 2.05) is 19.1 Å². The van der Waals surface area contributed by atoms with Crippen LogP contribution in [0.3, 0.4) is 0 Å². The van der Waals surface area contributed by atoms with E-state index in [1.54, 1.807) is 19.4 Å². The third kappa shape index (κ3) is 2.62. The van der Waals surface area contributed by atoms with E-state index in [0.29, 0.717) is 5.16 Å². The first kappa shape index (κ1) is 12.8. The summed E-state index contributed by atoms with van der Waals surface area (Å²) in [5.41, 5.74) is 6.85. The topological polar surface area (TPSA) is 89.6 Å². The van der Waals surface area contributed by atoms with Crippen LogP contribution in [0.4, 0.5) is 0 Å². The van der Waals surface area contributed by atoms with Crippen molar-refractivity contribution >= 4 is 11.8 Å². The van der Waals surface area contributed by atoms with E-state index in [4.69, 9.17) is 5.73 Å². The summed E-state index contributed by atoms with van der Waals surface area (Å²) in [6.45, 7) is 1.93. The van der Waals surface area contributed by atoms with Crippen molar-refractivity contribution in [2.24, 2.45) is 12.8 Å². The molecule has 2 atom stereocenters. The molecule has 0 bridgehead atoms. The molecule has 2 aromatic heterocycles. The fourth-order valence-corrected chi connectivity index (χ4v) is 2.66. The molecule has 0 amide bonds. The lowest BCUT2D eigenvalue weighted by Crippen LogP contribution is -2.23. The van der Waals surface area contributed by atoms with Crippen molar-refractivity contribution in [3.63, 3.8) is 0 Å². The average molecular weight is 265 g/mol. The average Bonchev–Trinajstić information content (AvgIpc) is 2.68. The molecule has 2 heterocycles. The molecule has 0 aliphatic heterocycles. The maximum absolute atomic E-state index is 11.3. The number of nitrogens with two attached hydrogens (primary N) is 1. The Kier molecular flexibility index (Phi) is 3.83. The number of H-pyrrole nitrogens is 1. The van der Waals surface area contributed by atoms with Crippen LogP contribution in [0.5, 0.6) is 0 Å². The third-order valence-corrected chi connectivity index (χ3v) is 4.11. The highest BCUT2D eigenvalue weighted by Crippen LogP contribution is 2.34. The Morgan fingerprint density at radius 2 is 2.11 bits per heavy atom. The number of pyridine rings is 1. The number of aromatic nitrogens is 4. The van der Waals surface area contributed by atoms with Gasteiger partial charge in [0.15, 0.2) is 5.16 Å². The second kappa shape index (κ2) is 5.36. The summed E-state index contributed by atoms with van der Waals surface area (Å²) in [5, 5.41) is 7.05. The van der Waals surface area contributed by atoms with Gasteiger partial charge in [-0.1, -0.05) is 11.8 Å². The number of hydrogen-bond acceptors (Lipinski definition) is 5. The first-order chi connectivity index (χ1) is 8.59. The molecule has 2 aromatic rings. The molecule has 0 fully saturated rings. The smallest absolute Gasteiger partial charge is 0.327 e. The summed E-state index contributed by atoms with van der Waals surface area (Å²) >= 11 is 1.47. The zero-order valence-corrected chi connectivity index (χ0v) is 11.0. The van der Waals surface area contributed by atoms with Crippen LogP contribution in [0.25, 0.3) is 0 Å². The van der Waals surface area contributed by atoms with Gasteiger partial charge in [-0.3, -0.25) is 9.55 Å². The number of thioether (sulfide) groups is 1. The lowest BCUT2D eigenvalue weighted by molar-refractivity contribution is 0.706. The molecule has 0 saturated heterocycles. The molecule has 0 aromatic carbocycles. The van der Waals surface area contributed by atoms with Crippen molar-refractivity contribution in [1.29, 1.82) is 0 Å². The number of hydrogen-bond donors (Lipinski definition) is 2. The van der Waals surface area contributed by atoms with Gasteiger partial charge in [0.2, 0.25) is 0 Å². The van der Waals surface area contributed by atoms with Gasteiger partial charge in [-0.15, -0.1) is 5.10 Å². The summed E-state index contributed by atoms with van der Waals surface area (Å²) in [6.07, 6.45) is 3.46. The van der Waals surface area contributed by atoms with E-state index in [2.05, 4.69) is 15.2 Å². The van der Waals surface area contributed by atoms with Gasteiger partial charge in [-0.2, -0.15) is 0 Å². The van der Waals surface area contributed by atoms with Crippen molar-refractivity contribution in [2.45, 2.75) is 23.4 Å². The van der Waals surface area contributed by atoms with Crippen molar-refractivity contribution in [3.8, 4) is 0 Å². The van der Waals surface area contributed by atoms with E-state index in [0.717, 1.165) is 5.56 Å². The molecular weight excluding hydrogens is 250 g/mol. The number of aromatic amines is 1. The molecule has 6 nitrogen and oxygen atoms in total. The van der Waals surface area contributed by atoms with Crippen LogP contribution in [0, 0.1) is 0 Å². The molecule has 96 valence electrons. The lowest BCUT2D eigenvalue weighted by Gasteiger charge is -2.19. The Morgan fingerprint density at radius 1 is 1.44 bits per heavy atom. The highest BCUT2D eigenvalue weighted by atomic mass is 32.2. The Labute approximate surface area is 109 Å². The van der Waals surface area contributed by atoms with E-state index in [1.165, 1.54) is 16.3 Å². The van der Waals surface area contributed by atoms with Gasteiger partial charge < -0.3 is 5.73 Å². The highest BCUT2D eigenvalue weighted by Gasteiger charge is 2.20. The molecule has 0 saturated carbocycles. The number of nitrogens with one attached hydrogen (secondary N) is 1. The molecule has 2 rings (SSSR count). The third-order valence-electron chi connectivity index (χ3n) is 2.58.